The maximum Gasteiger partial charge on any atom is 0.182 e. The first-order valence-corrected chi connectivity index (χ1v) is 6.22. The normalized spacial score (nSPS) is 24.1. The molecule has 1 aliphatic rings. The fourth-order valence-corrected chi connectivity index (χ4v) is 2.51. The van der Waals surface area contributed by atoms with E-state index in [4.69, 9.17) is 11.6 Å². The molecular formula is C14H13ClO3. The molecule has 3 nitrogen and oxygen atoms in total. The number of ketones is 3. The third-order valence-electron chi connectivity index (χ3n) is 3.14. The van der Waals surface area contributed by atoms with Crippen LogP contribution in [0.5, 0.6) is 0 Å². The zero-order valence-electron chi connectivity index (χ0n) is 9.98. The van der Waals surface area contributed by atoms with Crippen LogP contribution in [0.15, 0.2) is 24.3 Å². The molecule has 0 bridgehead atoms. The standard InChI is InChI=1S/C14H13ClO3/c1-8-6-11(16)13(12(17)7-8)14(18)9-4-2-3-5-10(9)15/h2-5,8,13H,6-7H2,1H3. The van der Waals surface area contributed by atoms with Gasteiger partial charge in [0.1, 0.15) is 5.92 Å². The lowest BCUT2D eigenvalue weighted by atomic mass is 9.77. The predicted molar refractivity (Wildman–Crippen MR) is 67.7 cm³/mol. The Labute approximate surface area is 110 Å². The Morgan fingerprint density at radius 1 is 1.17 bits per heavy atom. The predicted octanol–water partition coefficient (Wildman–Crippen LogP) is 2.71. The van der Waals surface area contributed by atoms with Crippen LogP contribution in [0, 0.1) is 11.8 Å². The molecule has 4 heteroatoms. The number of hydrogen-bond acceptors (Lipinski definition) is 3. The van der Waals surface area contributed by atoms with Crippen molar-refractivity contribution in [3.63, 3.8) is 0 Å². The highest BCUT2D eigenvalue weighted by atomic mass is 35.5. The first kappa shape index (κ1) is 13.0. The molecular weight excluding hydrogens is 252 g/mol. The summed E-state index contributed by atoms with van der Waals surface area (Å²) < 4.78 is 0. The van der Waals surface area contributed by atoms with Gasteiger partial charge in [-0.1, -0.05) is 30.7 Å². The second kappa shape index (κ2) is 5.02. The fourth-order valence-electron chi connectivity index (χ4n) is 2.28. The van der Waals surface area contributed by atoms with Crippen molar-refractivity contribution >= 4 is 29.0 Å². The third-order valence-corrected chi connectivity index (χ3v) is 3.47. The monoisotopic (exact) mass is 264 g/mol. The highest BCUT2D eigenvalue weighted by Crippen LogP contribution is 2.27. The maximum atomic E-state index is 12.2. The van der Waals surface area contributed by atoms with Crippen molar-refractivity contribution in [3.8, 4) is 0 Å². The molecule has 0 saturated heterocycles. The van der Waals surface area contributed by atoms with Crippen LogP contribution in [0.2, 0.25) is 5.02 Å². The van der Waals surface area contributed by atoms with Crippen LogP contribution in [0.3, 0.4) is 0 Å². The van der Waals surface area contributed by atoms with Gasteiger partial charge in [-0.2, -0.15) is 0 Å². The van der Waals surface area contributed by atoms with Crippen LogP contribution in [0.25, 0.3) is 0 Å². The van der Waals surface area contributed by atoms with Crippen LogP contribution in [-0.4, -0.2) is 17.3 Å². The van der Waals surface area contributed by atoms with Crippen molar-refractivity contribution in [1.82, 2.24) is 0 Å². The second-order valence-corrected chi connectivity index (χ2v) is 5.13. The van der Waals surface area contributed by atoms with E-state index in [0.717, 1.165) is 0 Å². The van der Waals surface area contributed by atoms with E-state index in [0.29, 0.717) is 0 Å². The molecule has 1 aromatic rings. The Morgan fingerprint density at radius 2 is 1.72 bits per heavy atom. The van der Waals surface area contributed by atoms with Gasteiger partial charge in [0.2, 0.25) is 0 Å². The topological polar surface area (TPSA) is 51.2 Å². The van der Waals surface area contributed by atoms with Gasteiger partial charge >= 0.3 is 0 Å². The van der Waals surface area contributed by atoms with Crippen LogP contribution in [0.1, 0.15) is 30.1 Å². The average Bonchev–Trinajstić information content (AvgIpc) is 2.27. The van der Waals surface area contributed by atoms with Gasteiger partial charge in [0.25, 0.3) is 0 Å². The molecule has 0 unspecified atom stereocenters. The molecule has 1 aromatic carbocycles. The molecule has 0 aliphatic heterocycles. The van der Waals surface area contributed by atoms with Gasteiger partial charge < -0.3 is 0 Å². The number of rotatable bonds is 2. The van der Waals surface area contributed by atoms with Gasteiger partial charge in [-0.25, -0.2) is 0 Å². The first-order valence-electron chi connectivity index (χ1n) is 5.85. The summed E-state index contributed by atoms with van der Waals surface area (Å²) in [5.41, 5.74) is 0.250. The summed E-state index contributed by atoms with van der Waals surface area (Å²) in [6.45, 7) is 1.84. The maximum absolute atomic E-state index is 12.2. The van der Waals surface area contributed by atoms with Crippen LogP contribution in [0.4, 0.5) is 0 Å². The zero-order chi connectivity index (χ0) is 13.3. The Balaban J connectivity index is 2.32. The number of carbonyl (C=O) groups excluding carboxylic acids is 3. The highest BCUT2D eigenvalue weighted by Gasteiger charge is 2.39. The zero-order valence-corrected chi connectivity index (χ0v) is 10.7. The summed E-state index contributed by atoms with van der Waals surface area (Å²) in [6.07, 6.45) is 0.569. The SMILES string of the molecule is CC1CC(=O)C(C(=O)c2ccccc2Cl)C(=O)C1. The molecule has 94 valence electrons. The molecule has 1 aliphatic carbocycles. The van der Waals surface area contributed by atoms with Crippen molar-refractivity contribution in [2.24, 2.45) is 11.8 Å². The van der Waals surface area contributed by atoms with Crippen LogP contribution < -0.4 is 0 Å². The van der Waals surface area contributed by atoms with Crippen molar-refractivity contribution in [1.29, 1.82) is 0 Å². The summed E-state index contributed by atoms with van der Waals surface area (Å²) in [5, 5.41) is 0.279. The first-order chi connectivity index (χ1) is 8.50. The van der Waals surface area contributed by atoms with Gasteiger partial charge in [-0.05, 0) is 18.1 Å². The molecule has 0 aromatic heterocycles. The molecule has 0 atom stereocenters. The number of carbonyl (C=O) groups is 3. The van der Waals surface area contributed by atoms with Gasteiger partial charge in [-0.3, -0.25) is 14.4 Å². The number of benzene rings is 1. The molecule has 2 rings (SSSR count). The van der Waals surface area contributed by atoms with E-state index in [-0.39, 0.29) is 40.9 Å². The van der Waals surface area contributed by atoms with Crippen molar-refractivity contribution in [2.75, 3.05) is 0 Å². The third kappa shape index (κ3) is 2.36. The van der Waals surface area contributed by atoms with Crippen LogP contribution in [-0.2, 0) is 9.59 Å². The lowest BCUT2D eigenvalue weighted by molar-refractivity contribution is -0.134. The molecule has 0 amide bonds. The summed E-state index contributed by atoms with van der Waals surface area (Å²) in [7, 11) is 0. The molecule has 1 fully saturated rings. The molecule has 0 spiro atoms. The minimum atomic E-state index is -1.15. The summed E-state index contributed by atoms with van der Waals surface area (Å²) in [6, 6.07) is 6.49. The molecule has 0 radical (unpaired) electrons. The minimum absolute atomic E-state index is 0.0281. The van der Waals surface area contributed by atoms with E-state index in [1.54, 1.807) is 24.3 Å². The molecule has 1 saturated carbocycles. The van der Waals surface area contributed by atoms with E-state index < -0.39 is 11.7 Å². The molecule has 0 N–H and O–H groups in total. The summed E-state index contributed by atoms with van der Waals surface area (Å²) >= 11 is 5.92. The fraction of sp³-hybridized carbons (Fsp3) is 0.357. The molecule has 18 heavy (non-hydrogen) atoms. The highest BCUT2D eigenvalue weighted by molar-refractivity contribution is 6.36. The van der Waals surface area contributed by atoms with Crippen molar-refractivity contribution in [2.45, 2.75) is 19.8 Å². The van der Waals surface area contributed by atoms with Gasteiger partial charge in [0.15, 0.2) is 17.3 Å². The number of halogens is 1. The lowest BCUT2D eigenvalue weighted by Crippen LogP contribution is -2.38. The van der Waals surface area contributed by atoms with Gasteiger partial charge in [-0.15, -0.1) is 0 Å². The lowest BCUT2D eigenvalue weighted by Gasteiger charge is -2.23. The van der Waals surface area contributed by atoms with E-state index >= 15 is 0 Å². The van der Waals surface area contributed by atoms with Gasteiger partial charge in [0.05, 0.1) is 5.02 Å². The van der Waals surface area contributed by atoms with E-state index in [1.165, 1.54) is 0 Å². The quantitative estimate of drug-likeness (QED) is 0.610. The number of Topliss-reactive ketones (excluding diaryl/α,β-unsaturated/α-hetero) is 3. The summed E-state index contributed by atoms with van der Waals surface area (Å²) in [5.74, 6) is -2.17. The van der Waals surface area contributed by atoms with Gasteiger partial charge in [0, 0.05) is 18.4 Å². The summed E-state index contributed by atoms with van der Waals surface area (Å²) in [4.78, 5) is 35.9. The smallest absolute Gasteiger partial charge is 0.182 e. The minimum Gasteiger partial charge on any atom is -0.298 e. The van der Waals surface area contributed by atoms with Crippen molar-refractivity contribution in [3.05, 3.63) is 34.9 Å². The largest absolute Gasteiger partial charge is 0.298 e. The van der Waals surface area contributed by atoms with E-state index in [2.05, 4.69) is 0 Å². The Morgan fingerprint density at radius 3 is 2.28 bits per heavy atom. The Kier molecular flexibility index (Phi) is 3.62. The van der Waals surface area contributed by atoms with Crippen molar-refractivity contribution < 1.29 is 14.4 Å². The molecule has 0 heterocycles. The number of hydrogen-bond donors (Lipinski definition) is 0. The second-order valence-electron chi connectivity index (χ2n) is 4.72. The van der Waals surface area contributed by atoms with E-state index in [9.17, 15) is 14.4 Å². The average molecular weight is 265 g/mol. The van der Waals surface area contributed by atoms with Crippen LogP contribution >= 0.6 is 11.6 Å². The Hall–Kier alpha value is -1.48. The van der Waals surface area contributed by atoms with E-state index in [1.807, 2.05) is 6.92 Å². The Bertz CT molecular complexity index is 504.